The van der Waals surface area contributed by atoms with Gasteiger partial charge in [-0.25, -0.2) is 24.2 Å². The molecule has 0 bridgehead atoms. The van der Waals surface area contributed by atoms with Crippen LogP contribution in [0.1, 0.15) is 82.1 Å². The van der Waals surface area contributed by atoms with Crippen LogP contribution in [0.4, 0.5) is 36.2 Å². The van der Waals surface area contributed by atoms with Crippen molar-refractivity contribution in [1.82, 2.24) is 35.3 Å². The number of pyridine rings is 1. The second kappa shape index (κ2) is 31.7. The zero-order valence-corrected chi connectivity index (χ0v) is 52.3. The minimum atomic E-state index is -1.03. The van der Waals surface area contributed by atoms with Crippen LogP contribution in [0.5, 0.6) is 5.75 Å². The Balaban J connectivity index is 0.845. The van der Waals surface area contributed by atoms with E-state index in [0.29, 0.717) is 44.6 Å². The molecule has 0 radical (unpaired) electrons. The number of halogens is 1. The molecule has 2 aliphatic heterocycles. The number of fused-ring (bicyclic) bond motifs is 4. The third kappa shape index (κ3) is 17.5. The number of nitrogens with zero attached hydrogens (tertiary/aromatic N) is 5. The predicted octanol–water partition coefficient (Wildman–Crippen LogP) is 7.28. The molecule has 3 atom stereocenters. The molecule has 0 spiro atoms. The van der Waals surface area contributed by atoms with Gasteiger partial charge in [-0.05, 0) is 91.1 Å². The van der Waals surface area contributed by atoms with Gasteiger partial charge in [-0.3, -0.25) is 33.7 Å². The van der Waals surface area contributed by atoms with E-state index in [1.165, 1.54) is 23.0 Å². The van der Waals surface area contributed by atoms with Crippen molar-refractivity contribution in [2.45, 2.75) is 65.5 Å². The molecule has 92 heavy (non-hydrogen) atoms. The molecule has 4 aromatic carbocycles. The third-order valence-corrected chi connectivity index (χ3v) is 15.9. The first-order valence-corrected chi connectivity index (χ1v) is 30.4. The smallest absolute Gasteiger partial charge is 0.415 e. The maximum Gasteiger partial charge on any atom is 0.415 e. The number of amides is 10. The fourth-order valence-corrected chi connectivity index (χ4v) is 10.9. The van der Waals surface area contributed by atoms with Gasteiger partial charge in [0.15, 0.2) is 5.78 Å². The van der Waals surface area contributed by atoms with E-state index in [9.17, 15) is 53.1 Å². The topological polar surface area (TPSA) is 344 Å². The number of aromatic amines is 1. The zero-order chi connectivity index (χ0) is 66.2. The molecule has 8 N–H and O–H groups in total. The number of benzene rings is 4. The molecule has 0 unspecified atom stereocenters. The monoisotopic (exact) mass is 1280 g/mol. The summed E-state index contributed by atoms with van der Waals surface area (Å²) < 4.78 is 22.3. The van der Waals surface area contributed by atoms with E-state index in [4.69, 9.17) is 36.3 Å². The first-order valence-electron chi connectivity index (χ1n) is 29.9. The van der Waals surface area contributed by atoms with Crippen molar-refractivity contribution in [3.63, 3.8) is 0 Å². The highest BCUT2D eigenvalue weighted by Gasteiger charge is 2.37. The molecule has 0 saturated heterocycles. The largest absolute Gasteiger partial charge is 0.447 e. The lowest BCUT2D eigenvalue weighted by atomic mass is 9.89. The number of ether oxygens (including phenoxy) is 4. The van der Waals surface area contributed by atoms with Gasteiger partial charge in [0.25, 0.3) is 23.6 Å². The summed E-state index contributed by atoms with van der Waals surface area (Å²) in [5.41, 5.74) is 10.9. The van der Waals surface area contributed by atoms with E-state index < -0.39 is 78.2 Å². The maximum absolute atomic E-state index is 14.6. The number of urea groups is 1. The van der Waals surface area contributed by atoms with Crippen molar-refractivity contribution in [3.05, 3.63) is 137 Å². The lowest BCUT2D eigenvalue weighted by Gasteiger charge is -2.25. The van der Waals surface area contributed by atoms with Gasteiger partial charge < -0.3 is 70.7 Å². The van der Waals surface area contributed by atoms with Crippen LogP contribution in [0.3, 0.4) is 0 Å². The number of H-pyrrole nitrogens is 1. The first kappa shape index (κ1) is 68.0. The van der Waals surface area contributed by atoms with E-state index in [1.807, 2.05) is 44.2 Å². The van der Waals surface area contributed by atoms with Crippen LogP contribution in [0.15, 0.2) is 103 Å². The van der Waals surface area contributed by atoms with Crippen molar-refractivity contribution < 1.29 is 72.0 Å². The van der Waals surface area contributed by atoms with Gasteiger partial charge in [0.2, 0.25) is 5.91 Å². The van der Waals surface area contributed by atoms with Gasteiger partial charge in [0, 0.05) is 104 Å². The second-order valence-corrected chi connectivity index (χ2v) is 22.9. The normalized spacial score (nSPS) is 14.0. The number of nitrogens with two attached hydrogens (primary N) is 1. The van der Waals surface area contributed by atoms with E-state index >= 15 is 0 Å². The van der Waals surface area contributed by atoms with Crippen LogP contribution in [-0.2, 0) is 40.0 Å². The number of aliphatic hydroxyl groups is 1. The van der Waals surface area contributed by atoms with Gasteiger partial charge in [0.1, 0.15) is 30.3 Å². The molecule has 0 saturated carbocycles. The Hall–Kier alpha value is -9.92. The van der Waals surface area contributed by atoms with Crippen LogP contribution in [0.2, 0.25) is 0 Å². The van der Waals surface area contributed by atoms with Crippen molar-refractivity contribution in [3.8, 4) is 5.75 Å². The van der Waals surface area contributed by atoms with Gasteiger partial charge in [0.05, 0.1) is 50.0 Å². The predicted molar refractivity (Wildman–Crippen MR) is 341 cm³/mol. The van der Waals surface area contributed by atoms with Crippen LogP contribution in [0.25, 0.3) is 21.8 Å². The number of nitrogens with one attached hydrogen (secondary N) is 5. The lowest BCUT2D eigenvalue weighted by Crippen LogP contribution is -2.46. The number of aryl methyl sites for hydroxylation is 2. The van der Waals surface area contributed by atoms with E-state index in [0.717, 1.165) is 39.1 Å². The van der Waals surface area contributed by atoms with Gasteiger partial charge in [-0.15, -0.1) is 11.6 Å². The third-order valence-electron chi connectivity index (χ3n) is 15.5. The fourth-order valence-electron chi connectivity index (χ4n) is 10.6. The van der Waals surface area contributed by atoms with Crippen LogP contribution >= 0.6 is 11.6 Å². The fraction of sp³-hybridized carbons (Fsp3) is 0.369. The molecule has 26 nitrogen and oxygen atoms in total. The Bertz CT molecular complexity index is 3750. The lowest BCUT2D eigenvalue weighted by molar-refractivity contribution is -0.137. The number of Topliss-reactive ketones (excluding diaryl/α,β-unsaturated/α-hetero) is 1. The average Bonchev–Trinajstić information content (AvgIpc) is 1.52. The summed E-state index contributed by atoms with van der Waals surface area (Å²) in [4.78, 5) is 143. The Morgan fingerprint density at radius 1 is 0.859 bits per heavy atom. The standard InChI is InChI=1S/C65H74ClN11O15/c1-38(2)57(73-63(86)90-29-28-89-27-25-76-53(80)19-20-54(76)81)51(79)32-43(9-7-21-68-62(67)85)60(83)70-46-17-13-41(14-18-46)37-91-64(87)74(5)22-23-75(24-26-78)65(88)92-52-33-50-56(55-40(4)8-6-10-48(52)55)45(34-66)36-77(50)61(84)49-31-44-30-47(35-69-58(44)72-49)71-59(82)42-15-11-39(3)12-16-42/h6,8,10-20,30-31,33,35,38,43,45,57,78H,7,9,21-29,32,34,36-37H2,1-5H3,(H,69,72)(H,70,83)(H,71,82)(H,73,86)(H3,67,68,85)/t43-,45-,57+/m1/s1. The second-order valence-electron chi connectivity index (χ2n) is 22.6. The molecule has 2 aliphatic rings. The molecule has 486 valence electrons. The molecule has 27 heteroatoms. The van der Waals surface area contributed by atoms with Gasteiger partial charge >= 0.3 is 24.3 Å². The van der Waals surface area contributed by atoms with Gasteiger partial charge in [-0.1, -0.05) is 61.9 Å². The van der Waals surface area contributed by atoms with Crippen molar-refractivity contribution in [1.29, 1.82) is 0 Å². The summed E-state index contributed by atoms with van der Waals surface area (Å²) in [5.74, 6) is -3.83. The minimum absolute atomic E-state index is 0.0216. The number of carbonyl (C=O) groups is 10. The quantitative estimate of drug-likeness (QED) is 0.0138. The SMILES string of the molecule is Cc1ccc(C(=O)Nc2cnc3[nH]c(C(=O)N4C[C@@H](CCl)c5c4cc(OC(=O)N(CCO)CCN(C)C(=O)OCc4ccc(NC(=O)[C@H](CCCNC(N)=O)CC(=O)[C@@H](NC(=O)OCCOCCN6C(=O)C=CC6=O)C(C)C)cc4)c4cccc(C)c54)cc3c2)cc1. The number of imide groups is 1. The first-order chi connectivity index (χ1) is 44.1. The minimum Gasteiger partial charge on any atom is -0.447 e. The molecule has 4 heterocycles. The Kier molecular flexibility index (Phi) is 23.4. The number of hydrogen-bond acceptors (Lipinski definition) is 16. The summed E-state index contributed by atoms with van der Waals surface area (Å²) in [7, 11) is 1.48. The molecule has 0 aliphatic carbocycles. The molecule has 0 fully saturated rings. The number of primary amides is 1. The summed E-state index contributed by atoms with van der Waals surface area (Å²) in [5, 5.41) is 22.7. The number of rotatable bonds is 29. The van der Waals surface area contributed by atoms with Crippen molar-refractivity contribution >= 4 is 110 Å². The number of ketones is 1. The number of carbonyl (C=O) groups excluding carboxylic acids is 10. The Morgan fingerprint density at radius 3 is 2.29 bits per heavy atom. The van der Waals surface area contributed by atoms with E-state index in [1.54, 1.807) is 73.3 Å². The number of alkyl carbamates (subject to hydrolysis) is 1. The molecule has 6 aromatic rings. The Morgan fingerprint density at radius 2 is 1.60 bits per heavy atom. The van der Waals surface area contributed by atoms with Crippen molar-refractivity contribution in [2.75, 3.05) is 94.2 Å². The number of alkyl halides is 1. The van der Waals surface area contributed by atoms with E-state index in [-0.39, 0.29) is 114 Å². The van der Waals surface area contributed by atoms with Crippen LogP contribution < -0.4 is 36.6 Å². The van der Waals surface area contributed by atoms with E-state index in [2.05, 4.69) is 31.2 Å². The summed E-state index contributed by atoms with van der Waals surface area (Å²) in [6, 6.07) is 22.4. The van der Waals surface area contributed by atoms with Crippen LogP contribution in [-0.4, -0.2) is 174 Å². The summed E-state index contributed by atoms with van der Waals surface area (Å²) >= 11 is 6.63. The van der Waals surface area contributed by atoms with Gasteiger partial charge in [-0.2, -0.15) is 0 Å². The Labute approximate surface area is 535 Å². The van der Waals surface area contributed by atoms with Crippen LogP contribution in [0, 0.1) is 25.7 Å². The molecular formula is C65H74ClN11O15. The highest BCUT2D eigenvalue weighted by molar-refractivity contribution is 6.19. The summed E-state index contributed by atoms with van der Waals surface area (Å²) in [6.07, 6.45) is 1.54. The molecule has 10 amide bonds. The summed E-state index contributed by atoms with van der Waals surface area (Å²) in [6.45, 7) is 6.58. The number of aliphatic hydroxyl groups excluding tert-OH is 1. The number of likely N-dealkylation sites (N-methyl/N-ethyl adjacent to an activating group) is 1. The van der Waals surface area contributed by atoms with Crippen molar-refractivity contribution in [2.24, 2.45) is 17.6 Å². The molecule has 8 rings (SSSR count). The molecule has 2 aromatic heterocycles. The molecular weight excluding hydrogens is 1210 g/mol. The highest BCUT2D eigenvalue weighted by Crippen LogP contribution is 2.47. The maximum atomic E-state index is 14.6. The average molecular weight is 1280 g/mol. The number of hydrogen-bond donors (Lipinski definition) is 7. The zero-order valence-electron chi connectivity index (χ0n) is 51.6. The number of aromatic nitrogens is 2. The highest BCUT2D eigenvalue weighted by atomic mass is 35.5. The number of anilines is 3.